The first-order valence-electron chi connectivity index (χ1n) is 7.85. The lowest BCUT2D eigenvalue weighted by Crippen LogP contribution is -2.39. The van der Waals surface area contributed by atoms with Crippen LogP contribution in [0.1, 0.15) is 57.8 Å². The minimum Gasteiger partial charge on any atom is -0.342 e. The molecule has 0 aromatic carbocycles. The first-order chi connectivity index (χ1) is 8.86. The largest absolute Gasteiger partial charge is 0.342 e. The van der Waals surface area contributed by atoms with Gasteiger partial charge >= 0.3 is 0 Å². The monoisotopic (exact) mass is 252 g/mol. The molecule has 2 aliphatic rings. The van der Waals surface area contributed by atoms with E-state index in [1.807, 2.05) is 0 Å². The van der Waals surface area contributed by atoms with E-state index >= 15 is 0 Å². The molecule has 1 saturated carbocycles. The van der Waals surface area contributed by atoms with Crippen LogP contribution in [0.25, 0.3) is 0 Å². The van der Waals surface area contributed by atoms with Gasteiger partial charge in [0.05, 0.1) is 6.54 Å². The molecular formula is C15H28N2O. The highest BCUT2D eigenvalue weighted by molar-refractivity contribution is 5.78. The summed E-state index contributed by atoms with van der Waals surface area (Å²) in [5.74, 6) is 1.23. The maximum atomic E-state index is 12.0. The minimum absolute atomic E-state index is 0.309. The number of nitrogens with one attached hydrogen (secondary N) is 1. The van der Waals surface area contributed by atoms with Crippen molar-refractivity contribution in [2.24, 2.45) is 5.92 Å². The van der Waals surface area contributed by atoms with Crippen molar-refractivity contribution in [2.75, 3.05) is 26.2 Å². The zero-order valence-corrected chi connectivity index (χ0v) is 11.6. The van der Waals surface area contributed by atoms with Gasteiger partial charge in [0.2, 0.25) is 5.91 Å². The maximum absolute atomic E-state index is 12.0. The predicted octanol–water partition coefficient (Wildman–Crippen LogP) is 2.56. The maximum Gasteiger partial charge on any atom is 0.236 e. The Morgan fingerprint density at radius 1 is 1.00 bits per heavy atom. The fourth-order valence-electron chi connectivity index (χ4n) is 3.23. The number of likely N-dealkylation sites (tertiary alicyclic amines) is 1. The van der Waals surface area contributed by atoms with Gasteiger partial charge in [-0.05, 0) is 31.7 Å². The molecule has 3 heteroatoms. The zero-order valence-electron chi connectivity index (χ0n) is 11.6. The van der Waals surface area contributed by atoms with E-state index in [9.17, 15) is 4.79 Å². The summed E-state index contributed by atoms with van der Waals surface area (Å²) in [7, 11) is 0. The molecule has 0 aromatic rings. The summed E-state index contributed by atoms with van der Waals surface area (Å²) in [5, 5.41) is 3.34. The molecular weight excluding hydrogens is 224 g/mol. The van der Waals surface area contributed by atoms with Crippen LogP contribution in [0.5, 0.6) is 0 Å². The molecule has 0 bridgehead atoms. The van der Waals surface area contributed by atoms with Crippen LogP contribution in [0.2, 0.25) is 0 Å². The van der Waals surface area contributed by atoms with Crippen LogP contribution in [0, 0.1) is 5.92 Å². The third-order valence-corrected chi connectivity index (χ3v) is 4.44. The van der Waals surface area contributed by atoms with Gasteiger partial charge < -0.3 is 10.2 Å². The van der Waals surface area contributed by atoms with Crippen LogP contribution in [-0.2, 0) is 4.79 Å². The van der Waals surface area contributed by atoms with Crippen LogP contribution < -0.4 is 5.32 Å². The lowest BCUT2D eigenvalue weighted by atomic mass is 10.0. The highest BCUT2D eigenvalue weighted by atomic mass is 16.2. The van der Waals surface area contributed by atoms with E-state index in [4.69, 9.17) is 0 Å². The Labute approximate surface area is 111 Å². The van der Waals surface area contributed by atoms with Crippen LogP contribution >= 0.6 is 0 Å². The predicted molar refractivity (Wildman–Crippen MR) is 74.5 cm³/mol. The lowest BCUT2D eigenvalue weighted by molar-refractivity contribution is -0.130. The summed E-state index contributed by atoms with van der Waals surface area (Å²) in [6, 6.07) is 0. The van der Waals surface area contributed by atoms with Gasteiger partial charge in [0, 0.05) is 13.1 Å². The van der Waals surface area contributed by atoms with Gasteiger partial charge in [-0.25, -0.2) is 0 Å². The SMILES string of the molecule is O=C(CNCCC1CCCC1)N1CCCCCC1. The number of carbonyl (C=O) groups excluding carboxylic acids is 1. The number of nitrogens with zero attached hydrogens (tertiary/aromatic N) is 1. The first-order valence-corrected chi connectivity index (χ1v) is 7.85. The quantitative estimate of drug-likeness (QED) is 0.763. The second kappa shape index (κ2) is 7.78. The van der Waals surface area contributed by atoms with Gasteiger partial charge in [-0.3, -0.25) is 4.79 Å². The van der Waals surface area contributed by atoms with Crippen molar-refractivity contribution in [3.8, 4) is 0 Å². The molecule has 1 heterocycles. The molecule has 0 radical (unpaired) electrons. The molecule has 0 unspecified atom stereocenters. The minimum atomic E-state index is 0.309. The van der Waals surface area contributed by atoms with E-state index in [1.165, 1.54) is 57.8 Å². The van der Waals surface area contributed by atoms with Crippen molar-refractivity contribution in [1.29, 1.82) is 0 Å². The van der Waals surface area contributed by atoms with Crippen molar-refractivity contribution in [1.82, 2.24) is 10.2 Å². The second-order valence-electron chi connectivity index (χ2n) is 5.91. The molecule has 104 valence electrons. The molecule has 2 fully saturated rings. The fourth-order valence-corrected chi connectivity index (χ4v) is 3.23. The van der Waals surface area contributed by atoms with Crippen molar-refractivity contribution >= 4 is 5.91 Å². The van der Waals surface area contributed by atoms with E-state index in [2.05, 4.69) is 10.2 Å². The second-order valence-corrected chi connectivity index (χ2v) is 5.91. The van der Waals surface area contributed by atoms with Crippen LogP contribution in [0.15, 0.2) is 0 Å². The fraction of sp³-hybridized carbons (Fsp3) is 0.933. The summed E-state index contributed by atoms with van der Waals surface area (Å²) in [6.07, 6.45) is 11.9. The third-order valence-electron chi connectivity index (χ3n) is 4.44. The highest BCUT2D eigenvalue weighted by Gasteiger charge is 2.16. The molecule has 0 spiro atoms. The van der Waals surface area contributed by atoms with E-state index in [0.717, 1.165) is 25.6 Å². The van der Waals surface area contributed by atoms with Crippen molar-refractivity contribution in [3.05, 3.63) is 0 Å². The molecule has 0 atom stereocenters. The highest BCUT2D eigenvalue weighted by Crippen LogP contribution is 2.26. The van der Waals surface area contributed by atoms with Gasteiger partial charge in [0.25, 0.3) is 0 Å². The molecule has 0 aromatic heterocycles. The van der Waals surface area contributed by atoms with Crippen LogP contribution in [0.4, 0.5) is 0 Å². The standard InChI is InChI=1S/C15H28N2O/c18-15(17-11-5-1-2-6-12-17)13-16-10-9-14-7-3-4-8-14/h14,16H,1-13H2. The van der Waals surface area contributed by atoms with E-state index in [-0.39, 0.29) is 0 Å². The Morgan fingerprint density at radius 2 is 1.67 bits per heavy atom. The summed E-state index contributed by atoms with van der Waals surface area (Å²) in [4.78, 5) is 14.1. The Morgan fingerprint density at radius 3 is 2.33 bits per heavy atom. The number of hydrogen-bond acceptors (Lipinski definition) is 2. The number of amides is 1. The molecule has 1 saturated heterocycles. The smallest absolute Gasteiger partial charge is 0.236 e. The molecule has 3 nitrogen and oxygen atoms in total. The molecule has 1 amide bonds. The van der Waals surface area contributed by atoms with E-state index in [1.54, 1.807) is 0 Å². The van der Waals surface area contributed by atoms with Crippen LogP contribution in [0.3, 0.4) is 0 Å². The van der Waals surface area contributed by atoms with Crippen molar-refractivity contribution in [2.45, 2.75) is 57.8 Å². The summed E-state index contributed by atoms with van der Waals surface area (Å²) in [5.41, 5.74) is 0. The summed E-state index contributed by atoms with van der Waals surface area (Å²) in [6.45, 7) is 3.52. The molecule has 1 aliphatic carbocycles. The van der Waals surface area contributed by atoms with Crippen molar-refractivity contribution < 1.29 is 4.79 Å². The van der Waals surface area contributed by atoms with Crippen molar-refractivity contribution in [3.63, 3.8) is 0 Å². The lowest BCUT2D eigenvalue weighted by Gasteiger charge is -2.20. The Bertz CT molecular complexity index is 241. The topological polar surface area (TPSA) is 32.3 Å². The Hall–Kier alpha value is -0.570. The van der Waals surface area contributed by atoms with Gasteiger partial charge in [-0.15, -0.1) is 0 Å². The number of rotatable bonds is 5. The van der Waals surface area contributed by atoms with Gasteiger partial charge in [0.1, 0.15) is 0 Å². The van der Waals surface area contributed by atoms with Crippen LogP contribution in [-0.4, -0.2) is 37.0 Å². The molecule has 18 heavy (non-hydrogen) atoms. The molecule has 2 rings (SSSR count). The zero-order chi connectivity index (χ0) is 12.6. The number of carbonyl (C=O) groups is 1. The van der Waals surface area contributed by atoms with Gasteiger partial charge in [-0.1, -0.05) is 38.5 Å². The first kappa shape index (κ1) is 13.9. The third kappa shape index (κ3) is 4.60. The Balaban J connectivity index is 1.55. The van der Waals surface area contributed by atoms with Gasteiger partial charge in [0.15, 0.2) is 0 Å². The average Bonchev–Trinajstić information content (AvgIpc) is 2.74. The Kier molecular flexibility index (Phi) is 5.98. The normalized spacial score (nSPS) is 22.1. The van der Waals surface area contributed by atoms with E-state index in [0.29, 0.717) is 12.5 Å². The molecule has 1 aliphatic heterocycles. The summed E-state index contributed by atoms with van der Waals surface area (Å²) < 4.78 is 0. The number of hydrogen-bond donors (Lipinski definition) is 1. The molecule has 1 N–H and O–H groups in total. The average molecular weight is 252 g/mol. The van der Waals surface area contributed by atoms with Gasteiger partial charge in [-0.2, -0.15) is 0 Å². The van der Waals surface area contributed by atoms with E-state index < -0.39 is 0 Å². The summed E-state index contributed by atoms with van der Waals surface area (Å²) >= 11 is 0.